The quantitative estimate of drug-likeness (QED) is 0.168. The summed E-state index contributed by atoms with van der Waals surface area (Å²) in [7, 11) is 0. The third kappa shape index (κ3) is 5.05. The molecule has 0 N–H and O–H groups in total. The van der Waals surface area contributed by atoms with Crippen molar-refractivity contribution >= 4 is 49.4 Å². The highest BCUT2D eigenvalue weighted by Gasteiger charge is 2.36. The van der Waals surface area contributed by atoms with Crippen LogP contribution in [0, 0.1) is 0 Å². The first kappa shape index (κ1) is 32.5. The summed E-state index contributed by atoms with van der Waals surface area (Å²) in [6, 6.07) is 53.0. The summed E-state index contributed by atoms with van der Waals surface area (Å²) in [5, 5.41) is 7.97. The van der Waals surface area contributed by atoms with Gasteiger partial charge in [0.05, 0.1) is 0 Å². The Kier molecular flexibility index (Phi) is 7.06. The van der Waals surface area contributed by atoms with E-state index in [0.29, 0.717) is 0 Å². The number of rotatable bonds is 4. The van der Waals surface area contributed by atoms with E-state index in [1.807, 2.05) is 0 Å². The highest BCUT2D eigenvalue weighted by molar-refractivity contribution is 6.25. The van der Waals surface area contributed by atoms with E-state index in [1.54, 1.807) is 0 Å². The zero-order valence-corrected chi connectivity index (χ0v) is 31.7. The second-order valence-corrected chi connectivity index (χ2v) is 17.5. The molecule has 8 aromatic rings. The van der Waals surface area contributed by atoms with E-state index in [0.717, 1.165) is 0 Å². The minimum Gasteiger partial charge on any atom is -0.310 e. The minimum atomic E-state index is -0.168. The number of hydrogen-bond donors (Lipinski definition) is 0. The van der Waals surface area contributed by atoms with E-state index in [9.17, 15) is 0 Å². The van der Waals surface area contributed by atoms with E-state index in [2.05, 4.69) is 200 Å². The summed E-state index contributed by atoms with van der Waals surface area (Å²) >= 11 is 0. The van der Waals surface area contributed by atoms with Gasteiger partial charge < -0.3 is 4.90 Å². The van der Waals surface area contributed by atoms with Gasteiger partial charge in [0.2, 0.25) is 0 Å². The van der Waals surface area contributed by atoms with Gasteiger partial charge in [0.1, 0.15) is 0 Å². The lowest BCUT2D eigenvalue weighted by Crippen LogP contribution is -2.17. The van der Waals surface area contributed by atoms with Crippen LogP contribution in [-0.2, 0) is 16.2 Å². The molecule has 0 saturated heterocycles. The largest absolute Gasteiger partial charge is 0.310 e. The topological polar surface area (TPSA) is 3.24 Å². The van der Waals surface area contributed by atoms with Crippen LogP contribution in [0.25, 0.3) is 54.6 Å². The maximum absolute atomic E-state index is 2.47. The molecule has 0 aliphatic heterocycles. The molecular weight excluding hydrogens is 627 g/mol. The van der Waals surface area contributed by atoms with Crippen LogP contribution in [0.2, 0.25) is 0 Å². The van der Waals surface area contributed by atoms with Crippen LogP contribution in [0.4, 0.5) is 17.1 Å². The van der Waals surface area contributed by atoms with Gasteiger partial charge in [-0.2, -0.15) is 0 Å². The lowest BCUT2D eigenvalue weighted by Gasteiger charge is -2.29. The predicted octanol–water partition coefficient (Wildman–Crippen LogP) is 14.6. The molecule has 0 bridgehead atoms. The van der Waals surface area contributed by atoms with Crippen molar-refractivity contribution in [1.29, 1.82) is 0 Å². The molecule has 8 aromatic carbocycles. The van der Waals surface area contributed by atoms with Crippen LogP contribution in [0.5, 0.6) is 0 Å². The Morgan fingerprint density at radius 2 is 0.885 bits per heavy atom. The fraction of sp³-hybridized carbons (Fsp3) is 0.216. The van der Waals surface area contributed by atoms with Crippen molar-refractivity contribution in [1.82, 2.24) is 0 Å². The number of anilines is 3. The maximum Gasteiger partial charge on any atom is 0.0465 e. The number of nitrogens with zero attached hydrogens (tertiary/aromatic N) is 1. The molecule has 256 valence electrons. The molecule has 52 heavy (non-hydrogen) atoms. The van der Waals surface area contributed by atoms with Crippen molar-refractivity contribution < 1.29 is 0 Å². The summed E-state index contributed by atoms with van der Waals surface area (Å²) in [6.07, 6.45) is 0. The Morgan fingerprint density at radius 1 is 0.423 bits per heavy atom. The third-order valence-corrected chi connectivity index (χ3v) is 11.7. The van der Waals surface area contributed by atoms with Gasteiger partial charge in [-0.25, -0.2) is 0 Å². The molecule has 0 amide bonds. The fourth-order valence-electron chi connectivity index (χ4n) is 8.69. The first-order valence-corrected chi connectivity index (χ1v) is 18.8. The van der Waals surface area contributed by atoms with Gasteiger partial charge in [0.25, 0.3) is 0 Å². The van der Waals surface area contributed by atoms with Crippen molar-refractivity contribution in [3.8, 4) is 22.3 Å². The molecule has 1 nitrogen and oxygen atoms in total. The van der Waals surface area contributed by atoms with Crippen molar-refractivity contribution in [2.45, 2.75) is 71.6 Å². The van der Waals surface area contributed by atoms with E-state index in [1.165, 1.54) is 93.9 Å². The molecule has 0 radical (unpaired) electrons. The molecule has 0 saturated carbocycles. The van der Waals surface area contributed by atoms with Gasteiger partial charge in [0.15, 0.2) is 0 Å². The molecule has 1 aliphatic carbocycles. The standard InChI is InChI=1S/C51H47N/c1-49(2,3)36-17-21-38(22-18-36)52(39-23-19-37(20-24-39)50(4,5)6)40-25-29-43-42-27-16-35(30-45(42)51(7,8)46(43)31-40)41-26-14-34-13-12-32-10-9-11-33-15-28-44(41)48(34)47(32)33/h9-31H,1-8H3. The lowest BCUT2D eigenvalue weighted by atomic mass is 9.81. The van der Waals surface area contributed by atoms with Crippen LogP contribution in [-0.4, -0.2) is 0 Å². The van der Waals surface area contributed by atoms with Gasteiger partial charge in [-0.3, -0.25) is 0 Å². The number of hydrogen-bond acceptors (Lipinski definition) is 1. The molecular formula is C51H47N. The highest BCUT2D eigenvalue weighted by Crippen LogP contribution is 2.52. The zero-order chi connectivity index (χ0) is 36.2. The van der Waals surface area contributed by atoms with Crippen LogP contribution >= 0.6 is 0 Å². The minimum absolute atomic E-state index is 0.0948. The van der Waals surface area contributed by atoms with E-state index in [-0.39, 0.29) is 16.2 Å². The molecule has 0 fully saturated rings. The molecule has 0 aromatic heterocycles. The van der Waals surface area contributed by atoms with E-state index >= 15 is 0 Å². The fourth-order valence-corrected chi connectivity index (χ4v) is 8.69. The normalized spacial score (nSPS) is 13.9. The maximum atomic E-state index is 2.47. The molecule has 0 spiro atoms. The van der Waals surface area contributed by atoms with Crippen molar-refractivity contribution in [3.63, 3.8) is 0 Å². The summed E-state index contributed by atoms with van der Waals surface area (Å²) in [5.74, 6) is 0. The predicted molar refractivity (Wildman–Crippen MR) is 225 cm³/mol. The smallest absolute Gasteiger partial charge is 0.0465 e. The van der Waals surface area contributed by atoms with Gasteiger partial charge >= 0.3 is 0 Å². The lowest BCUT2D eigenvalue weighted by molar-refractivity contribution is 0.590. The Balaban J connectivity index is 1.15. The second-order valence-electron chi connectivity index (χ2n) is 17.5. The van der Waals surface area contributed by atoms with Crippen LogP contribution in [0.1, 0.15) is 77.6 Å². The van der Waals surface area contributed by atoms with Crippen molar-refractivity contribution in [3.05, 3.63) is 162 Å². The van der Waals surface area contributed by atoms with Crippen LogP contribution < -0.4 is 4.90 Å². The summed E-state index contributed by atoms with van der Waals surface area (Å²) in [6.45, 7) is 18.5. The van der Waals surface area contributed by atoms with E-state index < -0.39 is 0 Å². The Labute approximate surface area is 308 Å². The molecule has 0 heterocycles. The molecule has 0 atom stereocenters. The van der Waals surface area contributed by atoms with Crippen molar-refractivity contribution in [2.75, 3.05) is 4.90 Å². The SMILES string of the molecule is CC(C)(C)c1ccc(N(c2ccc(C(C)(C)C)cc2)c2ccc3c(c2)C(C)(C)c2cc(-c4ccc5ccc6cccc7ccc4c5c67)ccc2-3)cc1. The van der Waals surface area contributed by atoms with E-state index in [4.69, 9.17) is 0 Å². The van der Waals surface area contributed by atoms with Gasteiger partial charge in [-0.05, 0) is 130 Å². The zero-order valence-electron chi connectivity index (χ0n) is 31.7. The van der Waals surface area contributed by atoms with Gasteiger partial charge in [-0.15, -0.1) is 0 Å². The number of benzene rings is 8. The highest BCUT2D eigenvalue weighted by atomic mass is 15.1. The second kappa shape index (κ2) is 11.3. The monoisotopic (exact) mass is 673 g/mol. The Hall–Kier alpha value is -5.40. The average Bonchev–Trinajstić information content (AvgIpc) is 3.35. The van der Waals surface area contributed by atoms with Crippen molar-refractivity contribution in [2.24, 2.45) is 0 Å². The molecule has 1 aliphatic rings. The Bertz CT molecular complexity index is 2570. The molecule has 9 rings (SSSR count). The summed E-state index contributed by atoms with van der Waals surface area (Å²) in [4.78, 5) is 2.43. The summed E-state index contributed by atoms with van der Waals surface area (Å²) < 4.78 is 0. The summed E-state index contributed by atoms with van der Waals surface area (Å²) in [5.41, 5.74) is 14.2. The average molecular weight is 674 g/mol. The van der Waals surface area contributed by atoms with Crippen LogP contribution in [0.3, 0.4) is 0 Å². The first-order valence-electron chi connectivity index (χ1n) is 18.8. The van der Waals surface area contributed by atoms with Gasteiger partial charge in [0, 0.05) is 22.5 Å². The third-order valence-electron chi connectivity index (χ3n) is 11.7. The Morgan fingerprint density at radius 3 is 1.46 bits per heavy atom. The van der Waals surface area contributed by atoms with Crippen LogP contribution in [0.15, 0.2) is 140 Å². The number of fused-ring (bicyclic) bond motifs is 3. The first-order chi connectivity index (χ1) is 24.8. The molecule has 1 heteroatoms. The molecule has 0 unspecified atom stereocenters. The van der Waals surface area contributed by atoms with Gasteiger partial charge in [-0.1, -0.05) is 152 Å².